The van der Waals surface area contributed by atoms with Crippen LogP contribution in [0.1, 0.15) is 16.8 Å². The lowest BCUT2D eigenvalue weighted by atomic mass is 10.1. The lowest BCUT2D eigenvalue weighted by Gasteiger charge is -2.13. The molecule has 106 valence electrons. The van der Waals surface area contributed by atoms with E-state index >= 15 is 0 Å². The molecule has 3 heteroatoms. The van der Waals surface area contributed by atoms with Gasteiger partial charge in [-0.3, -0.25) is 4.98 Å². The SMILES string of the molecule is Cc1cc(Oc2cc(CN)ccc2C)c2ccccc2n1. The Labute approximate surface area is 124 Å². The number of aromatic nitrogens is 1. The van der Waals surface area contributed by atoms with E-state index in [1.807, 2.05) is 62.4 Å². The van der Waals surface area contributed by atoms with Gasteiger partial charge in [0.25, 0.3) is 0 Å². The molecule has 0 aliphatic heterocycles. The van der Waals surface area contributed by atoms with Gasteiger partial charge in [-0.2, -0.15) is 0 Å². The van der Waals surface area contributed by atoms with Gasteiger partial charge in [-0.25, -0.2) is 0 Å². The van der Waals surface area contributed by atoms with Gasteiger partial charge >= 0.3 is 0 Å². The van der Waals surface area contributed by atoms with Crippen molar-refractivity contribution < 1.29 is 4.74 Å². The van der Waals surface area contributed by atoms with Crippen molar-refractivity contribution >= 4 is 10.9 Å². The van der Waals surface area contributed by atoms with Crippen molar-refractivity contribution in [2.45, 2.75) is 20.4 Å². The minimum atomic E-state index is 0.507. The number of pyridine rings is 1. The first-order chi connectivity index (χ1) is 10.2. The van der Waals surface area contributed by atoms with Crippen molar-refractivity contribution in [3.8, 4) is 11.5 Å². The Morgan fingerprint density at radius 3 is 2.62 bits per heavy atom. The Morgan fingerprint density at radius 1 is 1.00 bits per heavy atom. The summed E-state index contributed by atoms with van der Waals surface area (Å²) in [7, 11) is 0. The zero-order valence-corrected chi connectivity index (χ0v) is 12.3. The quantitative estimate of drug-likeness (QED) is 0.784. The minimum absolute atomic E-state index is 0.507. The number of hydrogen-bond donors (Lipinski definition) is 1. The molecule has 0 saturated carbocycles. The Hall–Kier alpha value is -2.39. The van der Waals surface area contributed by atoms with Crippen LogP contribution in [0.2, 0.25) is 0 Å². The molecule has 3 aromatic rings. The van der Waals surface area contributed by atoms with Crippen LogP contribution in [-0.4, -0.2) is 4.98 Å². The van der Waals surface area contributed by atoms with Gasteiger partial charge in [0.15, 0.2) is 0 Å². The molecule has 1 aromatic heterocycles. The summed E-state index contributed by atoms with van der Waals surface area (Å²) in [5.74, 6) is 1.67. The second kappa shape index (κ2) is 5.54. The van der Waals surface area contributed by atoms with E-state index in [9.17, 15) is 0 Å². The van der Waals surface area contributed by atoms with E-state index in [-0.39, 0.29) is 0 Å². The van der Waals surface area contributed by atoms with Crippen LogP contribution < -0.4 is 10.5 Å². The summed E-state index contributed by atoms with van der Waals surface area (Å²) in [5.41, 5.74) is 9.75. The van der Waals surface area contributed by atoms with Gasteiger partial charge in [0, 0.05) is 23.7 Å². The van der Waals surface area contributed by atoms with Gasteiger partial charge in [-0.15, -0.1) is 0 Å². The molecule has 2 N–H and O–H groups in total. The van der Waals surface area contributed by atoms with Gasteiger partial charge in [0.05, 0.1) is 5.52 Å². The fourth-order valence-electron chi connectivity index (χ4n) is 2.35. The highest BCUT2D eigenvalue weighted by atomic mass is 16.5. The molecule has 0 aliphatic carbocycles. The van der Waals surface area contributed by atoms with E-state index in [2.05, 4.69) is 4.98 Å². The predicted molar refractivity (Wildman–Crippen MR) is 85.6 cm³/mol. The van der Waals surface area contributed by atoms with E-state index < -0.39 is 0 Å². The van der Waals surface area contributed by atoms with E-state index in [0.29, 0.717) is 6.54 Å². The van der Waals surface area contributed by atoms with Crippen LogP contribution in [0.25, 0.3) is 10.9 Å². The predicted octanol–water partition coefficient (Wildman–Crippen LogP) is 4.10. The summed E-state index contributed by atoms with van der Waals surface area (Å²) < 4.78 is 6.15. The molecule has 0 saturated heterocycles. The summed E-state index contributed by atoms with van der Waals surface area (Å²) >= 11 is 0. The normalized spacial score (nSPS) is 10.8. The van der Waals surface area contributed by atoms with E-state index in [4.69, 9.17) is 10.5 Å². The standard InChI is InChI=1S/C18H18N2O/c1-12-7-8-14(11-19)10-17(12)21-18-9-13(2)20-16-6-4-3-5-15(16)18/h3-10H,11,19H2,1-2H3. The van der Waals surface area contributed by atoms with Crippen LogP contribution in [0, 0.1) is 13.8 Å². The summed E-state index contributed by atoms with van der Waals surface area (Å²) in [5, 5.41) is 1.01. The lowest BCUT2D eigenvalue weighted by molar-refractivity contribution is 0.483. The number of rotatable bonds is 3. The third-order valence-corrected chi connectivity index (χ3v) is 3.51. The maximum atomic E-state index is 6.15. The number of nitrogens with zero attached hydrogens (tertiary/aromatic N) is 1. The fourth-order valence-corrected chi connectivity index (χ4v) is 2.35. The number of benzene rings is 2. The molecule has 0 spiro atoms. The minimum Gasteiger partial charge on any atom is -0.456 e. The molecular formula is C18H18N2O. The fraction of sp³-hybridized carbons (Fsp3) is 0.167. The maximum absolute atomic E-state index is 6.15. The number of nitrogens with two attached hydrogens (primary N) is 1. The van der Waals surface area contributed by atoms with Crippen molar-refractivity contribution in [3.63, 3.8) is 0 Å². The lowest BCUT2D eigenvalue weighted by Crippen LogP contribution is -1.98. The highest BCUT2D eigenvalue weighted by Crippen LogP contribution is 2.31. The Kier molecular flexibility index (Phi) is 3.59. The van der Waals surface area contributed by atoms with Crippen LogP contribution in [-0.2, 0) is 6.54 Å². The molecule has 0 amide bonds. The smallest absolute Gasteiger partial charge is 0.138 e. The Bertz CT molecular complexity index is 796. The number of fused-ring (bicyclic) bond motifs is 1. The summed E-state index contributed by atoms with van der Waals surface area (Å²) in [4.78, 5) is 4.53. The first kappa shape index (κ1) is 13.6. The van der Waals surface area contributed by atoms with E-state index in [1.54, 1.807) is 0 Å². The highest BCUT2D eigenvalue weighted by Gasteiger charge is 2.08. The van der Waals surface area contributed by atoms with E-state index in [1.165, 1.54) is 0 Å². The molecule has 0 radical (unpaired) electrons. The molecule has 1 heterocycles. The number of hydrogen-bond acceptors (Lipinski definition) is 3. The number of aryl methyl sites for hydroxylation is 2. The topological polar surface area (TPSA) is 48.1 Å². The average Bonchev–Trinajstić information content (AvgIpc) is 2.49. The first-order valence-corrected chi connectivity index (χ1v) is 7.01. The number of ether oxygens (including phenoxy) is 1. The van der Waals surface area contributed by atoms with Crippen LogP contribution in [0.5, 0.6) is 11.5 Å². The molecule has 0 unspecified atom stereocenters. The van der Waals surface area contributed by atoms with Crippen molar-refractivity contribution in [3.05, 3.63) is 65.4 Å². The molecule has 0 atom stereocenters. The molecule has 3 rings (SSSR count). The Balaban J connectivity index is 2.09. The van der Waals surface area contributed by atoms with Crippen molar-refractivity contribution in [2.24, 2.45) is 5.73 Å². The van der Waals surface area contributed by atoms with Crippen LogP contribution in [0.15, 0.2) is 48.5 Å². The second-order valence-corrected chi connectivity index (χ2v) is 5.18. The molecule has 2 aromatic carbocycles. The van der Waals surface area contributed by atoms with Gasteiger partial charge in [0.1, 0.15) is 11.5 Å². The monoisotopic (exact) mass is 278 g/mol. The van der Waals surface area contributed by atoms with Crippen LogP contribution >= 0.6 is 0 Å². The van der Waals surface area contributed by atoms with Crippen molar-refractivity contribution in [1.82, 2.24) is 4.98 Å². The third kappa shape index (κ3) is 2.73. The van der Waals surface area contributed by atoms with Gasteiger partial charge in [-0.1, -0.05) is 24.3 Å². The summed E-state index contributed by atoms with van der Waals surface area (Å²) in [6.07, 6.45) is 0. The first-order valence-electron chi connectivity index (χ1n) is 7.01. The molecule has 0 bridgehead atoms. The molecule has 0 fully saturated rings. The highest BCUT2D eigenvalue weighted by molar-refractivity contribution is 5.85. The molecule has 3 nitrogen and oxygen atoms in total. The van der Waals surface area contributed by atoms with Gasteiger partial charge in [-0.05, 0) is 43.2 Å². The molecule has 21 heavy (non-hydrogen) atoms. The molecular weight excluding hydrogens is 260 g/mol. The third-order valence-electron chi connectivity index (χ3n) is 3.51. The van der Waals surface area contributed by atoms with Gasteiger partial charge in [0.2, 0.25) is 0 Å². The Morgan fingerprint density at radius 2 is 1.81 bits per heavy atom. The second-order valence-electron chi connectivity index (χ2n) is 5.18. The van der Waals surface area contributed by atoms with Crippen molar-refractivity contribution in [2.75, 3.05) is 0 Å². The zero-order valence-electron chi connectivity index (χ0n) is 12.3. The van der Waals surface area contributed by atoms with Crippen LogP contribution in [0.3, 0.4) is 0 Å². The maximum Gasteiger partial charge on any atom is 0.138 e. The summed E-state index contributed by atoms with van der Waals surface area (Å²) in [6, 6.07) is 16.0. The number of para-hydroxylation sites is 1. The van der Waals surface area contributed by atoms with E-state index in [0.717, 1.165) is 39.2 Å². The van der Waals surface area contributed by atoms with Gasteiger partial charge < -0.3 is 10.5 Å². The zero-order chi connectivity index (χ0) is 14.8. The summed E-state index contributed by atoms with van der Waals surface area (Å²) in [6.45, 7) is 4.51. The van der Waals surface area contributed by atoms with Crippen molar-refractivity contribution in [1.29, 1.82) is 0 Å². The van der Waals surface area contributed by atoms with Crippen LogP contribution in [0.4, 0.5) is 0 Å². The average molecular weight is 278 g/mol. The molecule has 0 aliphatic rings. The largest absolute Gasteiger partial charge is 0.456 e.